The normalized spacial score (nSPS) is 28.4. The number of hydrogen-bond acceptors (Lipinski definition) is 7. The molecule has 2 N–H and O–H groups in total. The van der Waals surface area contributed by atoms with Crippen LogP contribution in [0.15, 0.2) is 10.7 Å². The second-order valence-corrected chi connectivity index (χ2v) is 5.33. The predicted octanol–water partition coefficient (Wildman–Crippen LogP) is 0.322. The van der Waals surface area contributed by atoms with Crippen LogP contribution in [0.4, 0.5) is 0 Å². The van der Waals surface area contributed by atoms with Crippen LogP contribution < -0.4 is 5.73 Å². The first kappa shape index (κ1) is 12.0. The maximum atomic E-state index is 5.82. The zero-order valence-electron chi connectivity index (χ0n) is 11.0. The molecule has 0 aliphatic carbocycles. The van der Waals surface area contributed by atoms with E-state index in [1.807, 2.05) is 0 Å². The van der Waals surface area contributed by atoms with Crippen molar-refractivity contribution in [3.8, 4) is 11.6 Å². The summed E-state index contributed by atoms with van der Waals surface area (Å²) in [6.45, 7) is 1.13. The fourth-order valence-electron chi connectivity index (χ4n) is 3.04. The van der Waals surface area contributed by atoms with E-state index in [-0.39, 0.29) is 12.0 Å². The molecule has 2 aliphatic heterocycles. The summed E-state index contributed by atoms with van der Waals surface area (Å²) < 4.78 is 12.8. The quantitative estimate of drug-likeness (QED) is 0.857. The predicted molar refractivity (Wildman–Crippen MR) is 67.6 cm³/mol. The molecule has 4 rings (SSSR count). The van der Waals surface area contributed by atoms with E-state index in [4.69, 9.17) is 15.0 Å². The average Bonchev–Trinajstić information content (AvgIpc) is 3.22. The van der Waals surface area contributed by atoms with Gasteiger partial charge in [-0.15, -0.1) is 5.10 Å². The molecule has 8 nitrogen and oxygen atoms in total. The molecule has 0 saturated carbocycles. The van der Waals surface area contributed by atoms with Crippen molar-refractivity contribution in [2.45, 2.75) is 43.9 Å². The monoisotopic (exact) mass is 276 g/mol. The number of hydrogen-bond donors (Lipinski definition) is 1. The third-order valence-corrected chi connectivity index (χ3v) is 4.00. The highest BCUT2D eigenvalue weighted by Gasteiger charge is 2.43. The van der Waals surface area contributed by atoms with Crippen LogP contribution in [0.2, 0.25) is 0 Å². The lowest BCUT2D eigenvalue weighted by atomic mass is 9.89. The summed E-state index contributed by atoms with van der Waals surface area (Å²) in [5.74, 6) is 1.39. The average molecular weight is 276 g/mol. The Balaban J connectivity index is 1.55. The molecule has 0 spiro atoms. The first-order valence-corrected chi connectivity index (χ1v) is 6.93. The number of fused-ring (bicyclic) bond motifs is 2. The van der Waals surface area contributed by atoms with E-state index in [1.54, 1.807) is 10.9 Å². The van der Waals surface area contributed by atoms with Gasteiger partial charge >= 0.3 is 0 Å². The number of aromatic nitrogens is 5. The van der Waals surface area contributed by atoms with Gasteiger partial charge in [0, 0.05) is 6.54 Å². The van der Waals surface area contributed by atoms with Gasteiger partial charge in [0.2, 0.25) is 0 Å². The Labute approximate surface area is 115 Å². The fourth-order valence-corrected chi connectivity index (χ4v) is 3.04. The van der Waals surface area contributed by atoms with E-state index in [2.05, 4.69) is 20.5 Å². The maximum Gasteiger partial charge on any atom is 0.280 e. The molecule has 0 aromatic carbocycles. The van der Waals surface area contributed by atoms with Crippen LogP contribution >= 0.6 is 0 Å². The molecule has 2 aromatic heterocycles. The van der Waals surface area contributed by atoms with Gasteiger partial charge in [0.15, 0.2) is 11.5 Å². The smallest absolute Gasteiger partial charge is 0.280 e. The SMILES string of the molecule is NCCn1cc(-c2nc(C3CC4CCC3O4)no2)nn1. The topological polar surface area (TPSA) is 105 Å². The second-order valence-electron chi connectivity index (χ2n) is 5.33. The van der Waals surface area contributed by atoms with Crippen molar-refractivity contribution in [2.24, 2.45) is 5.73 Å². The zero-order valence-corrected chi connectivity index (χ0v) is 11.0. The summed E-state index contributed by atoms with van der Waals surface area (Å²) in [7, 11) is 0. The van der Waals surface area contributed by atoms with Crippen LogP contribution in [0.25, 0.3) is 11.6 Å². The summed E-state index contributed by atoms with van der Waals surface area (Å²) in [6, 6.07) is 0. The van der Waals surface area contributed by atoms with Crippen LogP contribution in [0.3, 0.4) is 0 Å². The van der Waals surface area contributed by atoms with Gasteiger partial charge in [0.25, 0.3) is 5.89 Å². The third-order valence-electron chi connectivity index (χ3n) is 4.00. The minimum atomic E-state index is 0.248. The van der Waals surface area contributed by atoms with E-state index in [0.717, 1.165) is 25.1 Å². The van der Waals surface area contributed by atoms with Crippen molar-refractivity contribution in [3.05, 3.63) is 12.0 Å². The third kappa shape index (κ3) is 1.92. The minimum Gasteiger partial charge on any atom is -0.374 e. The number of rotatable bonds is 4. The lowest BCUT2D eigenvalue weighted by molar-refractivity contribution is 0.0996. The first-order chi connectivity index (χ1) is 9.83. The standard InChI is InChI=1S/C12H16N6O2/c13-3-4-18-6-9(15-17-18)12-14-11(16-20-12)8-5-7-1-2-10(8)19-7/h6-8,10H,1-5,13H2. The molecule has 2 bridgehead atoms. The van der Waals surface area contributed by atoms with Crippen LogP contribution in [0, 0.1) is 0 Å². The van der Waals surface area contributed by atoms with Crippen molar-refractivity contribution in [2.75, 3.05) is 6.54 Å². The van der Waals surface area contributed by atoms with Gasteiger partial charge in [-0.25, -0.2) is 0 Å². The van der Waals surface area contributed by atoms with Crippen LogP contribution in [0.1, 0.15) is 31.0 Å². The molecule has 0 radical (unpaired) electrons. The van der Waals surface area contributed by atoms with Crippen molar-refractivity contribution in [1.29, 1.82) is 0 Å². The Morgan fingerprint density at radius 3 is 3.10 bits per heavy atom. The van der Waals surface area contributed by atoms with Crippen molar-refractivity contribution >= 4 is 0 Å². The summed E-state index contributed by atoms with van der Waals surface area (Å²) >= 11 is 0. The van der Waals surface area contributed by atoms with E-state index < -0.39 is 0 Å². The molecule has 8 heteroatoms. The van der Waals surface area contributed by atoms with E-state index in [0.29, 0.717) is 30.8 Å². The van der Waals surface area contributed by atoms with Crippen molar-refractivity contribution in [3.63, 3.8) is 0 Å². The Bertz CT molecular complexity index is 609. The molecule has 2 aliphatic rings. The van der Waals surface area contributed by atoms with Gasteiger partial charge < -0.3 is 15.0 Å². The lowest BCUT2D eigenvalue weighted by Crippen LogP contribution is -2.15. The van der Waals surface area contributed by atoms with E-state index >= 15 is 0 Å². The molecular weight excluding hydrogens is 260 g/mol. The molecule has 4 heterocycles. The lowest BCUT2D eigenvalue weighted by Gasteiger charge is -2.13. The van der Waals surface area contributed by atoms with Crippen LogP contribution in [-0.2, 0) is 11.3 Å². The maximum absolute atomic E-state index is 5.82. The molecule has 20 heavy (non-hydrogen) atoms. The van der Waals surface area contributed by atoms with Crippen LogP contribution in [-0.4, -0.2) is 43.9 Å². The van der Waals surface area contributed by atoms with Crippen LogP contribution in [0.5, 0.6) is 0 Å². The summed E-state index contributed by atoms with van der Waals surface area (Å²) in [5, 5.41) is 12.1. The minimum absolute atomic E-state index is 0.248. The highest BCUT2D eigenvalue weighted by molar-refractivity contribution is 5.43. The van der Waals surface area contributed by atoms with Crippen molar-refractivity contribution in [1.82, 2.24) is 25.1 Å². The molecule has 2 aromatic rings. The van der Waals surface area contributed by atoms with E-state index in [1.165, 1.54) is 0 Å². The highest BCUT2D eigenvalue weighted by Crippen LogP contribution is 2.43. The number of nitrogens with two attached hydrogens (primary N) is 1. The highest BCUT2D eigenvalue weighted by atomic mass is 16.5. The number of nitrogens with zero attached hydrogens (tertiary/aromatic N) is 5. The molecule has 3 unspecified atom stereocenters. The van der Waals surface area contributed by atoms with Crippen molar-refractivity contribution < 1.29 is 9.26 Å². The second kappa shape index (κ2) is 4.64. The molecular formula is C12H16N6O2. The summed E-state index contributed by atoms with van der Waals surface area (Å²) in [4.78, 5) is 4.45. The Hall–Kier alpha value is -1.80. The van der Waals surface area contributed by atoms with Gasteiger partial charge in [0.05, 0.1) is 30.9 Å². The Kier molecular flexibility index (Phi) is 2.78. The molecule has 3 atom stereocenters. The fraction of sp³-hybridized carbons (Fsp3) is 0.667. The van der Waals surface area contributed by atoms with Gasteiger partial charge in [-0.1, -0.05) is 10.4 Å². The molecule has 2 fully saturated rings. The molecule has 106 valence electrons. The van der Waals surface area contributed by atoms with Gasteiger partial charge in [-0.3, -0.25) is 4.68 Å². The zero-order chi connectivity index (χ0) is 13.5. The Morgan fingerprint density at radius 1 is 1.40 bits per heavy atom. The molecule has 2 saturated heterocycles. The Morgan fingerprint density at radius 2 is 2.35 bits per heavy atom. The largest absolute Gasteiger partial charge is 0.374 e. The summed E-state index contributed by atoms with van der Waals surface area (Å²) in [6.07, 6.45) is 5.62. The van der Waals surface area contributed by atoms with E-state index in [9.17, 15) is 0 Å². The van der Waals surface area contributed by atoms with Gasteiger partial charge in [-0.2, -0.15) is 4.98 Å². The first-order valence-electron chi connectivity index (χ1n) is 6.93. The van der Waals surface area contributed by atoms with Gasteiger partial charge in [0.1, 0.15) is 0 Å². The molecule has 0 amide bonds. The summed E-state index contributed by atoms with van der Waals surface area (Å²) in [5.41, 5.74) is 6.06. The van der Waals surface area contributed by atoms with Gasteiger partial charge in [-0.05, 0) is 19.3 Å². The number of ether oxygens (including phenoxy) is 1.